The Bertz CT molecular complexity index is 152. The highest BCUT2D eigenvalue weighted by atomic mass is 28.4. The molecule has 92 valence electrons. The zero-order valence-electron chi connectivity index (χ0n) is 11.7. The molecule has 0 bridgehead atoms. The minimum atomic E-state index is -1.39. The van der Waals surface area contributed by atoms with Gasteiger partial charge in [-0.2, -0.15) is 0 Å². The van der Waals surface area contributed by atoms with Crippen molar-refractivity contribution in [2.45, 2.75) is 84.5 Å². The zero-order valence-corrected chi connectivity index (χ0v) is 12.7. The molecule has 2 heteroatoms. The number of unbranched alkanes of at least 4 members (excludes halogenated alkanes) is 2. The standard InChI is InChI=1S/C13H30OSi/c1-7-9-11-13(3,12-10-8-2)14-15(4,5)6/h7-12H2,1-6H3. The topological polar surface area (TPSA) is 9.23 Å². The Hall–Kier alpha value is 0.177. The van der Waals surface area contributed by atoms with Crippen LogP contribution >= 0.6 is 0 Å². The number of hydrogen-bond acceptors (Lipinski definition) is 1. The summed E-state index contributed by atoms with van der Waals surface area (Å²) in [4.78, 5) is 0. The monoisotopic (exact) mass is 230 g/mol. The van der Waals surface area contributed by atoms with E-state index >= 15 is 0 Å². The molecule has 15 heavy (non-hydrogen) atoms. The van der Waals surface area contributed by atoms with Crippen molar-refractivity contribution in [3.8, 4) is 0 Å². The Labute approximate surface area is 97.7 Å². The second kappa shape index (κ2) is 6.69. The molecule has 0 aromatic heterocycles. The van der Waals surface area contributed by atoms with E-state index in [-0.39, 0.29) is 5.60 Å². The first kappa shape index (κ1) is 15.2. The fourth-order valence-corrected chi connectivity index (χ4v) is 3.75. The third kappa shape index (κ3) is 8.03. The Kier molecular flexibility index (Phi) is 6.77. The van der Waals surface area contributed by atoms with E-state index in [1.807, 2.05) is 0 Å². The van der Waals surface area contributed by atoms with Crippen LogP contribution in [0.5, 0.6) is 0 Å². The highest BCUT2D eigenvalue weighted by Gasteiger charge is 2.30. The Morgan fingerprint density at radius 3 is 1.60 bits per heavy atom. The maximum absolute atomic E-state index is 6.37. The van der Waals surface area contributed by atoms with Gasteiger partial charge in [0.25, 0.3) is 0 Å². The van der Waals surface area contributed by atoms with Crippen molar-refractivity contribution in [2.75, 3.05) is 0 Å². The molecule has 0 fully saturated rings. The van der Waals surface area contributed by atoms with Gasteiger partial charge in [0, 0.05) is 0 Å². The predicted molar refractivity (Wildman–Crippen MR) is 71.9 cm³/mol. The first-order valence-corrected chi connectivity index (χ1v) is 9.94. The first-order chi connectivity index (χ1) is 6.83. The van der Waals surface area contributed by atoms with E-state index in [9.17, 15) is 0 Å². The molecule has 0 aliphatic carbocycles. The summed E-state index contributed by atoms with van der Waals surface area (Å²) >= 11 is 0. The third-order valence-corrected chi connectivity index (χ3v) is 3.78. The van der Waals surface area contributed by atoms with E-state index < -0.39 is 8.32 Å². The van der Waals surface area contributed by atoms with Crippen molar-refractivity contribution in [3.05, 3.63) is 0 Å². The minimum Gasteiger partial charge on any atom is -0.412 e. The van der Waals surface area contributed by atoms with Crippen molar-refractivity contribution < 1.29 is 4.43 Å². The Morgan fingerprint density at radius 2 is 1.33 bits per heavy atom. The predicted octanol–water partition coefficient (Wildman–Crippen LogP) is 4.98. The van der Waals surface area contributed by atoms with E-state index in [0.29, 0.717) is 0 Å². The maximum Gasteiger partial charge on any atom is 0.184 e. The molecule has 0 aromatic carbocycles. The first-order valence-electron chi connectivity index (χ1n) is 6.53. The summed E-state index contributed by atoms with van der Waals surface area (Å²) in [5.41, 5.74) is 0.149. The average molecular weight is 230 g/mol. The van der Waals surface area contributed by atoms with Crippen LogP contribution in [0.4, 0.5) is 0 Å². The second-order valence-electron chi connectivity index (χ2n) is 5.87. The lowest BCUT2D eigenvalue weighted by atomic mass is 9.93. The molecule has 0 saturated carbocycles. The molecule has 0 atom stereocenters. The van der Waals surface area contributed by atoms with Crippen LogP contribution in [-0.4, -0.2) is 13.9 Å². The summed E-state index contributed by atoms with van der Waals surface area (Å²) in [5, 5.41) is 0. The Morgan fingerprint density at radius 1 is 0.933 bits per heavy atom. The maximum atomic E-state index is 6.37. The fourth-order valence-electron chi connectivity index (χ4n) is 2.07. The van der Waals surface area contributed by atoms with Crippen LogP contribution in [0.25, 0.3) is 0 Å². The van der Waals surface area contributed by atoms with Crippen LogP contribution in [0.15, 0.2) is 0 Å². The number of rotatable bonds is 8. The summed E-state index contributed by atoms with van der Waals surface area (Å²) in [6.45, 7) is 13.7. The van der Waals surface area contributed by atoms with Gasteiger partial charge in [-0.1, -0.05) is 39.5 Å². The SMILES string of the molecule is CCCCC(C)(CCCC)O[Si](C)(C)C. The van der Waals surface area contributed by atoms with Crippen molar-refractivity contribution in [1.29, 1.82) is 0 Å². The lowest BCUT2D eigenvalue weighted by Gasteiger charge is -2.36. The van der Waals surface area contributed by atoms with Crippen molar-refractivity contribution >= 4 is 8.32 Å². The normalized spacial score (nSPS) is 13.2. The quantitative estimate of drug-likeness (QED) is 0.535. The lowest BCUT2D eigenvalue weighted by Crippen LogP contribution is -2.40. The molecule has 0 unspecified atom stereocenters. The second-order valence-corrected chi connectivity index (χ2v) is 10.3. The third-order valence-electron chi connectivity index (χ3n) is 2.67. The molecular weight excluding hydrogens is 200 g/mol. The van der Waals surface area contributed by atoms with E-state index in [2.05, 4.69) is 40.4 Å². The van der Waals surface area contributed by atoms with Gasteiger partial charge in [-0.05, 0) is 39.4 Å². The highest BCUT2D eigenvalue weighted by Crippen LogP contribution is 2.28. The van der Waals surface area contributed by atoms with E-state index in [0.717, 1.165) is 0 Å². The zero-order chi connectivity index (χ0) is 11.9. The Balaban J connectivity index is 4.26. The average Bonchev–Trinajstić information content (AvgIpc) is 2.09. The fraction of sp³-hybridized carbons (Fsp3) is 1.00. The van der Waals surface area contributed by atoms with Gasteiger partial charge in [0.15, 0.2) is 8.32 Å². The summed E-state index contributed by atoms with van der Waals surface area (Å²) in [5.74, 6) is 0. The van der Waals surface area contributed by atoms with E-state index in [4.69, 9.17) is 4.43 Å². The van der Waals surface area contributed by atoms with Gasteiger partial charge in [-0.25, -0.2) is 0 Å². The van der Waals surface area contributed by atoms with Crippen LogP contribution in [0.1, 0.15) is 59.3 Å². The van der Waals surface area contributed by atoms with Gasteiger partial charge in [0.2, 0.25) is 0 Å². The summed E-state index contributed by atoms with van der Waals surface area (Å²) in [6.07, 6.45) is 7.60. The van der Waals surface area contributed by atoms with Gasteiger partial charge in [-0.15, -0.1) is 0 Å². The minimum absolute atomic E-state index is 0.149. The molecule has 1 nitrogen and oxygen atoms in total. The summed E-state index contributed by atoms with van der Waals surface area (Å²) < 4.78 is 6.37. The molecule has 0 aromatic rings. The van der Waals surface area contributed by atoms with E-state index in [1.165, 1.54) is 38.5 Å². The molecule has 0 saturated heterocycles. The highest BCUT2D eigenvalue weighted by molar-refractivity contribution is 6.69. The molecule has 0 radical (unpaired) electrons. The molecule has 0 aliphatic heterocycles. The van der Waals surface area contributed by atoms with Gasteiger partial charge in [0.05, 0.1) is 5.60 Å². The molecular formula is C13H30OSi. The lowest BCUT2D eigenvalue weighted by molar-refractivity contribution is 0.0570. The molecule has 0 aliphatic rings. The van der Waals surface area contributed by atoms with Crippen molar-refractivity contribution in [1.82, 2.24) is 0 Å². The van der Waals surface area contributed by atoms with Crippen molar-refractivity contribution in [2.24, 2.45) is 0 Å². The summed E-state index contributed by atoms with van der Waals surface area (Å²) in [7, 11) is -1.39. The van der Waals surface area contributed by atoms with Gasteiger partial charge < -0.3 is 4.43 Å². The van der Waals surface area contributed by atoms with Gasteiger partial charge in [0.1, 0.15) is 0 Å². The van der Waals surface area contributed by atoms with Gasteiger partial charge >= 0.3 is 0 Å². The molecule has 0 spiro atoms. The van der Waals surface area contributed by atoms with Crippen LogP contribution in [0.3, 0.4) is 0 Å². The molecule has 0 N–H and O–H groups in total. The van der Waals surface area contributed by atoms with Crippen LogP contribution in [-0.2, 0) is 4.43 Å². The summed E-state index contributed by atoms with van der Waals surface area (Å²) in [6, 6.07) is 0. The van der Waals surface area contributed by atoms with Crippen LogP contribution < -0.4 is 0 Å². The smallest absolute Gasteiger partial charge is 0.184 e. The van der Waals surface area contributed by atoms with Crippen molar-refractivity contribution in [3.63, 3.8) is 0 Å². The molecule has 0 heterocycles. The number of hydrogen-bond donors (Lipinski definition) is 0. The van der Waals surface area contributed by atoms with Gasteiger partial charge in [-0.3, -0.25) is 0 Å². The molecule has 0 amide bonds. The van der Waals surface area contributed by atoms with E-state index in [1.54, 1.807) is 0 Å². The molecule has 0 rings (SSSR count). The largest absolute Gasteiger partial charge is 0.412 e. The van der Waals surface area contributed by atoms with Crippen LogP contribution in [0, 0.1) is 0 Å². The van der Waals surface area contributed by atoms with Crippen LogP contribution in [0.2, 0.25) is 19.6 Å².